The van der Waals surface area contributed by atoms with Crippen molar-refractivity contribution < 1.29 is 9.90 Å². The fourth-order valence-corrected chi connectivity index (χ4v) is 0.904. The molecule has 1 aromatic heterocycles. The van der Waals surface area contributed by atoms with Crippen molar-refractivity contribution in [3.63, 3.8) is 0 Å². The molecule has 12 heavy (non-hydrogen) atoms. The molecule has 64 valence electrons. The molecule has 3 nitrogen and oxygen atoms in total. The third-order valence-corrected chi connectivity index (χ3v) is 1.58. The Hall–Kier alpha value is -1.22. The minimum absolute atomic E-state index is 0.00491. The van der Waals surface area contributed by atoms with E-state index in [0.29, 0.717) is 17.8 Å². The van der Waals surface area contributed by atoms with Gasteiger partial charge in [0.1, 0.15) is 5.69 Å². The van der Waals surface area contributed by atoms with Gasteiger partial charge < -0.3 is 5.11 Å². The number of hydrogen-bond acceptors (Lipinski definition) is 3. The predicted molar refractivity (Wildman–Crippen MR) is 44.8 cm³/mol. The highest BCUT2D eigenvalue weighted by atomic mass is 16.3. The Bertz CT molecular complexity index is 284. The van der Waals surface area contributed by atoms with Crippen LogP contribution in [0.1, 0.15) is 29.5 Å². The van der Waals surface area contributed by atoms with E-state index in [-0.39, 0.29) is 12.4 Å². The van der Waals surface area contributed by atoms with Crippen LogP contribution in [0, 0.1) is 0 Å². The van der Waals surface area contributed by atoms with Crippen LogP contribution in [0.4, 0.5) is 0 Å². The smallest absolute Gasteiger partial charge is 0.180 e. The SMILES string of the molecule is CCC(=O)c1cccc(CO)n1. The maximum absolute atomic E-state index is 11.1. The van der Waals surface area contributed by atoms with Gasteiger partial charge in [0, 0.05) is 6.42 Å². The van der Waals surface area contributed by atoms with Crippen LogP contribution in [-0.2, 0) is 6.61 Å². The van der Waals surface area contributed by atoms with Gasteiger partial charge in [-0.1, -0.05) is 13.0 Å². The lowest BCUT2D eigenvalue weighted by Gasteiger charge is -1.98. The molecular formula is C9H11NO2. The molecule has 0 unspecified atom stereocenters. The molecule has 0 aliphatic carbocycles. The number of carbonyl (C=O) groups excluding carboxylic acids is 1. The van der Waals surface area contributed by atoms with Gasteiger partial charge in [-0.05, 0) is 12.1 Å². The van der Waals surface area contributed by atoms with E-state index in [2.05, 4.69) is 4.98 Å². The number of carbonyl (C=O) groups is 1. The van der Waals surface area contributed by atoms with Gasteiger partial charge in [-0.3, -0.25) is 4.79 Å². The molecule has 0 aromatic carbocycles. The maximum atomic E-state index is 11.1. The van der Waals surface area contributed by atoms with Crippen molar-refractivity contribution in [1.82, 2.24) is 4.98 Å². The third-order valence-electron chi connectivity index (χ3n) is 1.58. The molecular weight excluding hydrogens is 154 g/mol. The first-order valence-electron chi connectivity index (χ1n) is 3.88. The van der Waals surface area contributed by atoms with Crippen LogP contribution in [0.3, 0.4) is 0 Å². The van der Waals surface area contributed by atoms with Crippen molar-refractivity contribution in [2.75, 3.05) is 0 Å². The van der Waals surface area contributed by atoms with Crippen LogP contribution >= 0.6 is 0 Å². The van der Waals surface area contributed by atoms with Crippen LogP contribution in [0.5, 0.6) is 0 Å². The first-order chi connectivity index (χ1) is 5.77. The molecule has 0 saturated heterocycles. The number of rotatable bonds is 3. The topological polar surface area (TPSA) is 50.2 Å². The normalized spacial score (nSPS) is 9.83. The van der Waals surface area contributed by atoms with Crippen LogP contribution in [0.15, 0.2) is 18.2 Å². The van der Waals surface area contributed by atoms with E-state index in [0.717, 1.165) is 0 Å². The van der Waals surface area contributed by atoms with Crippen molar-refractivity contribution >= 4 is 5.78 Å². The predicted octanol–water partition coefficient (Wildman–Crippen LogP) is 1.17. The molecule has 0 fully saturated rings. The Morgan fingerprint density at radius 3 is 2.92 bits per heavy atom. The average molecular weight is 165 g/mol. The van der Waals surface area contributed by atoms with E-state index in [1.54, 1.807) is 25.1 Å². The number of pyridine rings is 1. The van der Waals surface area contributed by atoms with Gasteiger partial charge in [-0.2, -0.15) is 0 Å². The Balaban J connectivity index is 2.93. The number of hydrogen-bond donors (Lipinski definition) is 1. The maximum Gasteiger partial charge on any atom is 0.180 e. The molecule has 0 amide bonds. The van der Waals surface area contributed by atoms with Gasteiger partial charge in [-0.25, -0.2) is 4.98 Å². The molecule has 3 heteroatoms. The van der Waals surface area contributed by atoms with Crippen LogP contribution in [0.25, 0.3) is 0 Å². The van der Waals surface area contributed by atoms with Gasteiger partial charge in [0.2, 0.25) is 0 Å². The largest absolute Gasteiger partial charge is 0.390 e. The van der Waals surface area contributed by atoms with E-state index in [1.807, 2.05) is 0 Å². The molecule has 0 bridgehead atoms. The van der Waals surface area contributed by atoms with E-state index < -0.39 is 0 Å². The molecule has 0 spiro atoms. The van der Waals surface area contributed by atoms with Gasteiger partial charge in [0.15, 0.2) is 5.78 Å². The van der Waals surface area contributed by atoms with Crippen LogP contribution in [-0.4, -0.2) is 15.9 Å². The molecule has 0 aliphatic rings. The molecule has 0 radical (unpaired) electrons. The van der Waals surface area contributed by atoms with Crippen molar-refractivity contribution in [2.45, 2.75) is 20.0 Å². The average Bonchev–Trinajstić information content (AvgIpc) is 2.17. The number of aromatic nitrogens is 1. The quantitative estimate of drug-likeness (QED) is 0.684. The van der Waals surface area contributed by atoms with Crippen LogP contribution < -0.4 is 0 Å². The molecule has 0 atom stereocenters. The number of ketones is 1. The Kier molecular flexibility index (Phi) is 2.94. The van der Waals surface area contributed by atoms with E-state index in [4.69, 9.17) is 5.11 Å². The fourth-order valence-electron chi connectivity index (χ4n) is 0.904. The number of Topliss-reactive ketones (excluding diaryl/α,β-unsaturated/α-hetero) is 1. The first kappa shape index (κ1) is 8.87. The summed E-state index contributed by atoms with van der Waals surface area (Å²) in [6.45, 7) is 1.67. The zero-order chi connectivity index (χ0) is 8.97. The molecule has 0 saturated carbocycles. The van der Waals surface area contributed by atoms with Gasteiger partial charge in [0.25, 0.3) is 0 Å². The summed E-state index contributed by atoms with van der Waals surface area (Å²) in [4.78, 5) is 15.1. The third kappa shape index (κ3) is 1.89. The van der Waals surface area contributed by atoms with E-state index in [1.165, 1.54) is 0 Å². The lowest BCUT2D eigenvalue weighted by Crippen LogP contribution is -2.02. The van der Waals surface area contributed by atoms with E-state index in [9.17, 15) is 4.79 Å². The lowest BCUT2D eigenvalue weighted by molar-refractivity contribution is 0.0983. The summed E-state index contributed by atoms with van der Waals surface area (Å²) in [5, 5.41) is 8.74. The number of nitrogens with zero attached hydrogens (tertiary/aromatic N) is 1. The van der Waals surface area contributed by atoms with Gasteiger partial charge in [-0.15, -0.1) is 0 Å². The lowest BCUT2D eigenvalue weighted by atomic mass is 10.2. The monoisotopic (exact) mass is 165 g/mol. The van der Waals surface area contributed by atoms with Crippen molar-refractivity contribution in [3.05, 3.63) is 29.6 Å². The van der Waals surface area contributed by atoms with E-state index >= 15 is 0 Å². The highest BCUT2D eigenvalue weighted by Crippen LogP contribution is 2.02. The second-order valence-corrected chi connectivity index (χ2v) is 2.45. The van der Waals surface area contributed by atoms with Crippen molar-refractivity contribution in [3.8, 4) is 0 Å². The summed E-state index contributed by atoms with van der Waals surface area (Å²) < 4.78 is 0. The van der Waals surface area contributed by atoms with Crippen molar-refractivity contribution in [2.24, 2.45) is 0 Å². The van der Waals surface area contributed by atoms with Crippen LogP contribution in [0.2, 0.25) is 0 Å². The van der Waals surface area contributed by atoms with Gasteiger partial charge in [0.05, 0.1) is 12.3 Å². The van der Waals surface area contributed by atoms with Gasteiger partial charge >= 0.3 is 0 Å². The highest BCUT2D eigenvalue weighted by Gasteiger charge is 2.03. The second kappa shape index (κ2) is 3.97. The summed E-state index contributed by atoms with van der Waals surface area (Å²) in [5.74, 6) is 0.00491. The summed E-state index contributed by atoms with van der Waals surface area (Å²) >= 11 is 0. The number of aliphatic hydroxyl groups excluding tert-OH is 1. The Labute approximate surface area is 71.1 Å². The minimum Gasteiger partial charge on any atom is -0.390 e. The zero-order valence-electron chi connectivity index (χ0n) is 6.95. The number of aliphatic hydroxyl groups is 1. The second-order valence-electron chi connectivity index (χ2n) is 2.45. The van der Waals surface area contributed by atoms with Crippen molar-refractivity contribution in [1.29, 1.82) is 0 Å². The minimum atomic E-state index is -0.120. The summed E-state index contributed by atoms with van der Waals surface area (Å²) in [5.41, 5.74) is 0.971. The highest BCUT2D eigenvalue weighted by molar-refractivity contribution is 5.93. The zero-order valence-corrected chi connectivity index (χ0v) is 6.95. The molecule has 1 aromatic rings. The Morgan fingerprint density at radius 1 is 1.58 bits per heavy atom. The molecule has 1 rings (SSSR count). The summed E-state index contributed by atoms with van der Waals surface area (Å²) in [6, 6.07) is 5.07. The Morgan fingerprint density at radius 2 is 2.33 bits per heavy atom. The molecule has 1 heterocycles. The fraction of sp³-hybridized carbons (Fsp3) is 0.333. The molecule has 0 aliphatic heterocycles. The standard InChI is InChI=1S/C9H11NO2/c1-2-9(12)8-5-3-4-7(6-11)10-8/h3-5,11H,2,6H2,1H3. The summed E-state index contributed by atoms with van der Waals surface area (Å²) in [7, 11) is 0. The molecule has 1 N–H and O–H groups in total. The first-order valence-corrected chi connectivity index (χ1v) is 3.88. The summed E-state index contributed by atoms with van der Waals surface area (Å²) in [6.07, 6.45) is 0.446.